The average Bonchev–Trinajstić information content (AvgIpc) is 3.26. The van der Waals surface area contributed by atoms with Crippen molar-refractivity contribution in [3.8, 4) is 0 Å². The number of esters is 1. The lowest BCUT2D eigenvalue weighted by Crippen LogP contribution is -2.49. The van der Waals surface area contributed by atoms with Gasteiger partial charge in [-0.05, 0) is 74.2 Å². The molecule has 4 aliphatic rings. The number of carbonyl (C=O) groups is 3. The van der Waals surface area contributed by atoms with Gasteiger partial charge in [0.15, 0.2) is 10.9 Å². The second-order valence-corrected chi connectivity index (χ2v) is 11.8. The summed E-state index contributed by atoms with van der Waals surface area (Å²) in [6, 6.07) is 0. The molecule has 30 heavy (non-hydrogen) atoms. The number of unbranched alkanes of at least 4 members (excludes halogenated alkanes) is 1. The zero-order chi connectivity index (χ0) is 21.5. The maximum atomic E-state index is 12.2. The number of allylic oxidation sites excluding steroid dienone is 2. The van der Waals surface area contributed by atoms with Gasteiger partial charge in [-0.1, -0.05) is 44.0 Å². The molecule has 6 atom stereocenters. The Labute approximate surface area is 185 Å². The summed E-state index contributed by atoms with van der Waals surface area (Å²) in [7, 11) is 0. The fourth-order valence-corrected chi connectivity index (χ4v) is 8.34. The molecule has 0 aromatic heterocycles. The SMILES string of the molecule is CCCC[C@H]1[C@H]([C@@H]2CC[C@@]3(CCC(=O)O3)C2)[C@H](SC(C)=O)CC2=CC(=O)CC[C@@]21C. The van der Waals surface area contributed by atoms with E-state index in [1.54, 1.807) is 6.92 Å². The van der Waals surface area contributed by atoms with Crippen LogP contribution in [0.3, 0.4) is 0 Å². The van der Waals surface area contributed by atoms with E-state index in [9.17, 15) is 14.4 Å². The van der Waals surface area contributed by atoms with Crippen LogP contribution < -0.4 is 0 Å². The molecule has 1 saturated heterocycles. The topological polar surface area (TPSA) is 60.4 Å². The highest BCUT2D eigenvalue weighted by molar-refractivity contribution is 8.14. The summed E-state index contributed by atoms with van der Waals surface area (Å²) >= 11 is 1.50. The van der Waals surface area contributed by atoms with Gasteiger partial charge in [0, 0.05) is 25.0 Å². The molecule has 2 saturated carbocycles. The summed E-state index contributed by atoms with van der Waals surface area (Å²) in [6.07, 6.45) is 12.3. The molecule has 0 aromatic rings. The lowest BCUT2D eigenvalue weighted by atomic mass is 9.53. The smallest absolute Gasteiger partial charge is 0.306 e. The second kappa shape index (κ2) is 8.44. The Hall–Kier alpha value is -1.10. The fourth-order valence-electron chi connectivity index (χ4n) is 7.08. The van der Waals surface area contributed by atoms with Gasteiger partial charge in [-0.25, -0.2) is 0 Å². The van der Waals surface area contributed by atoms with Crippen LogP contribution in [0.5, 0.6) is 0 Å². The maximum absolute atomic E-state index is 12.2. The van der Waals surface area contributed by atoms with Crippen molar-refractivity contribution in [2.24, 2.45) is 23.2 Å². The van der Waals surface area contributed by atoms with Crippen LogP contribution in [-0.4, -0.2) is 27.7 Å². The molecule has 1 aliphatic heterocycles. The van der Waals surface area contributed by atoms with Crippen LogP contribution >= 0.6 is 11.8 Å². The third-order valence-electron chi connectivity index (χ3n) is 8.54. The molecule has 4 nitrogen and oxygen atoms in total. The van der Waals surface area contributed by atoms with E-state index in [4.69, 9.17) is 4.74 Å². The first-order chi connectivity index (χ1) is 14.3. The molecule has 0 N–H and O–H groups in total. The minimum absolute atomic E-state index is 0.0422. The van der Waals surface area contributed by atoms with Gasteiger partial charge in [-0.2, -0.15) is 0 Å². The lowest BCUT2D eigenvalue weighted by Gasteiger charge is -2.54. The van der Waals surface area contributed by atoms with Crippen LogP contribution in [0, 0.1) is 23.2 Å². The van der Waals surface area contributed by atoms with E-state index in [2.05, 4.69) is 13.8 Å². The van der Waals surface area contributed by atoms with E-state index in [1.165, 1.54) is 23.8 Å². The standard InChI is InChI=1S/C25H36O4S/c1-4-5-6-20-23(17-7-11-25(15-17)12-9-22(28)29-25)21(30-16(2)26)14-18-13-19(27)8-10-24(18,20)3/h13,17,20-21,23H,4-12,14-15H2,1-3H3/t17-,20+,21-,23+,24+,25-/m1/s1. The number of carbonyl (C=O) groups excluding carboxylic acids is 3. The van der Waals surface area contributed by atoms with Crippen LogP contribution in [0.15, 0.2) is 11.6 Å². The molecule has 3 aliphatic carbocycles. The molecule has 5 heteroatoms. The molecule has 166 valence electrons. The van der Waals surface area contributed by atoms with Crippen molar-refractivity contribution in [1.29, 1.82) is 0 Å². The molecule has 4 rings (SSSR count). The number of ketones is 1. The van der Waals surface area contributed by atoms with Crippen LogP contribution in [-0.2, 0) is 19.1 Å². The number of ether oxygens (including phenoxy) is 1. The van der Waals surface area contributed by atoms with Gasteiger partial charge in [-0.3, -0.25) is 14.4 Å². The number of thioether (sulfide) groups is 1. The van der Waals surface area contributed by atoms with Gasteiger partial charge in [0.05, 0.1) is 0 Å². The Bertz CT molecular complexity index is 758. The molecule has 0 radical (unpaired) electrons. The van der Waals surface area contributed by atoms with E-state index < -0.39 is 0 Å². The van der Waals surface area contributed by atoms with Crippen molar-refractivity contribution in [3.63, 3.8) is 0 Å². The quantitative estimate of drug-likeness (QED) is 0.527. The maximum Gasteiger partial charge on any atom is 0.306 e. The van der Waals surface area contributed by atoms with E-state index in [1.807, 2.05) is 6.08 Å². The summed E-state index contributed by atoms with van der Waals surface area (Å²) in [5.74, 6) is 1.63. The second-order valence-electron chi connectivity index (χ2n) is 10.4. The highest BCUT2D eigenvalue weighted by atomic mass is 32.2. The van der Waals surface area contributed by atoms with Crippen LogP contribution in [0.25, 0.3) is 0 Å². The minimum Gasteiger partial charge on any atom is -0.459 e. The fraction of sp³-hybridized carbons (Fsp3) is 0.800. The Morgan fingerprint density at radius 2 is 2.03 bits per heavy atom. The van der Waals surface area contributed by atoms with Crippen molar-refractivity contribution < 1.29 is 19.1 Å². The van der Waals surface area contributed by atoms with Crippen molar-refractivity contribution in [3.05, 3.63) is 11.6 Å². The van der Waals surface area contributed by atoms with E-state index in [-0.39, 0.29) is 33.1 Å². The van der Waals surface area contributed by atoms with E-state index in [0.29, 0.717) is 30.6 Å². The Balaban J connectivity index is 1.68. The summed E-state index contributed by atoms with van der Waals surface area (Å²) in [5.41, 5.74) is 1.10. The molecule has 1 spiro atoms. The average molecular weight is 433 g/mol. The van der Waals surface area contributed by atoms with Crippen molar-refractivity contribution in [2.75, 3.05) is 0 Å². The lowest BCUT2D eigenvalue weighted by molar-refractivity contribution is -0.148. The first-order valence-corrected chi connectivity index (χ1v) is 12.8. The van der Waals surface area contributed by atoms with Crippen molar-refractivity contribution in [1.82, 2.24) is 0 Å². The highest BCUT2D eigenvalue weighted by Gasteiger charge is 2.56. The number of hydrogen-bond acceptors (Lipinski definition) is 5. The van der Waals surface area contributed by atoms with Crippen molar-refractivity contribution >= 4 is 28.6 Å². The van der Waals surface area contributed by atoms with Crippen LogP contribution in [0.4, 0.5) is 0 Å². The molecule has 0 aromatic carbocycles. The molecule has 0 bridgehead atoms. The zero-order valence-corrected chi connectivity index (χ0v) is 19.5. The summed E-state index contributed by atoms with van der Waals surface area (Å²) in [5, 5.41) is 0.400. The molecule has 0 unspecified atom stereocenters. The predicted octanol–water partition coefficient (Wildman–Crippen LogP) is 5.63. The zero-order valence-electron chi connectivity index (χ0n) is 18.7. The molecular formula is C25H36O4S. The third-order valence-corrected chi connectivity index (χ3v) is 9.66. The first kappa shape index (κ1) is 22.1. The summed E-state index contributed by atoms with van der Waals surface area (Å²) < 4.78 is 5.84. The molecular weight excluding hydrogens is 396 g/mol. The Kier molecular flexibility index (Phi) is 6.22. The predicted molar refractivity (Wildman–Crippen MR) is 119 cm³/mol. The Morgan fingerprint density at radius 3 is 2.70 bits per heavy atom. The van der Waals surface area contributed by atoms with Gasteiger partial charge in [0.2, 0.25) is 0 Å². The van der Waals surface area contributed by atoms with E-state index >= 15 is 0 Å². The third kappa shape index (κ3) is 4.03. The summed E-state index contributed by atoms with van der Waals surface area (Å²) in [4.78, 5) is 36.3. The van der Waals surface area contributed by atoms with Crippen molar-refractivity contribution in [2.45, 2.75) is 102 Å². The number of hydrogen-bond donors (Lipinski definition) is 0. The van der Waals surface area contributed by atoms with Gasteiger partial charge < -0.3 is 4.74 Å². The summed E-state index contributed by atoms with van der Waals surface area (Å²) in [6.45, 7) is 6.30. The number of fused-ring (bicyclic) bond motifs is 1. The Morgan fingerprint density at radius 1 is 1.23 bits per heavy atom. The minimum atomic E-state index is -0.248. The van der Waals surface area contributed by atoms with Crippen LogP contribution in [0.1, 0.15) is 91.4 Å². The molecule has 3 fully saturated rings. The normalized spacial score (nSPS) is 41.0. The van der Waals surface area contributed by atoms with Gasteiger partial charge in [0.1, 0.15) is 5.60 Å². The monoisotopic (exact) mass is 432 g/mol. The van der Waals surface area contributed by atoms with Gasteiger partial charge >= 0.3 is 5.97 Å². The molecule has 0 amide bonds. The molecule has 1 heterocycles. The van der Waals surface area contributed by atoms with Gasteiger partial charge in [0.25, 0.3) is 0 Å². The first-order valence-electron chi connectivity index (χ1n) is 11.9. The number of rotatable bonds is 5. The van der Waals surface area contributed by atoms with Crippen LogP contribution in [0.2, 0.25) is 0 Å². The largest absolute Gasteiger partial charge is 0.459 e. The van der Waals surface area contributed by atoms with E-state index in [0.717, 1.165) is 51.4 Å². The van der Waals surface area contributed by atoms with Gasteiger partial charge in [-0.15, -0.1) is 0 Å². The highest BCUT2D eigenvalue weighted by Crippen LogP contribution is 2.61.